The van der Waals surface area contributed by atoms with E-state index in [4.69, 9.17) is 16.0 Å². The molecule has 0 spiro atoms. The number of alkyl halides is 1. The molecule has 96 valence electrons. The minimum atomic E-state index is -0.173. The van der Waals surface area contributed by atoms with Gasteiger partial charge in [0.2, 0.25) is 0 Å². The largest absolute Gasteiger partial charge is 0.451 e. The molecular weight excluding hydrogens is 250 g/mol. The summed E-state index contributed by atoms with van der Waals surface area (Å²) in [6.45, 7) is 1.97. The average molecular weight is 266 g/mol. The van der Waals surface area contributed by atoms with Crippen LogP contribution in [0.15, 0.2) is 34.7 Å². The van der Waals surface area contributed by atoms with Gasteiger partial charge in [-0.25, -0.2) is 0 Å². The topological polar surface area (TPSA) is 42.2 Å². The molecule has 0 fully saturated rings. The lowest BCUT2D eigenvalue weighted by Crippen LogP contribution is -2.32. The Bertz CT molecular complexity index is 502. The Morgan fingerprint density at radius 2 is 2.22 bits per heavy atom. The van der Waals surface area contributed by atoms with Crippen molar-refractivity contribution in [1.82, 2.24) is 5.32 Å². The van der Waals surface area contributed by atoms with Gasteiger partial charge in [0.05, 0.1) is 0 Å². The fraction of sp³-hybridized carbons (Fsp3) is 0.357. The third-order valence-electron chi connectivity index (χ3n) is 2.80. The third-order valence-corrected chi connectivity index (χ3v) is 3.06. The van der Waals surface area contributed by atoms with E-state index in [0.717, 1.165) is 23.8 Å². The molecule has 0 bridgehead atoms. The van der Waals surface area contributed by atoms with E-state index in [-0.39, 0.29) is 11.9 Å². The predicted octanol–water partition coefficient (Wildman–Crippen LogP) is 3.57. The van der Waals surface area contributed by atoms with Crippen LogP contribution in [-0.2, 0) is 0 Å². The normalized spacial score (nSPS) is 12.6. The predicted molar refractivity (Wildman–Crippen MR) is 73.1 cm³/mol. The minimum absolute atomic E-state index is 0.101. The van der Waals surface area contributed by atoms with E-state index in [2.05, 4.69) is 5.32 Å². The first-order valence-corrected chi connectivity index (χ1v) is 6.59. The van der Waals surface area contributed by atoms with Gasteiger partial charge in [0, 0.05) is 17.3 Å². The molecule has 0 radical (unpaired) electrons. The number of nitrogens with one attached hydrogen (secondary N) is 1. The van der Waals surface area contributed by atoms with Crippen LogP contribution in [0.25, 0.3) is 11.0 Å². The van der Waals surface area contributed by atoms with Crippen molar-refractivity contribution in [3.05, 3.63) is 36.1 Å². The first-order chi connectivity index (χ1) is 8.70. The molecule has 1 aromatic carbocycles. The molecule has 0 aliphatic rings. The summed E-state index contributed by atoms with van der Waals surface area (Å²) in [5, 5.41) is 3.84. The van der Waals surface area contributed by atoms with Crippen LogP contribution in [0, 0.1) is 0 Å². The molecule has 2 rings (SSSR count). The van der Waals surface area contributed by atoms with Crippen molar-refractivity contribution < 1.29 is 9.21 Å². The molecule has 1 heterocycles. The number of benzene rings is 1. The summed E-state index contributed by atoms with van der Waals surface area (Å²) in [7, 11) is 0. The van der Waals surface area contributed by atoms with E-state index in [1.807, 2.05) is 31.2 Å². The highest BCUT2D eigenvalue weighted by Crippen LogP contribution is 2.18. The number of fused-ring (bicyclic) bond motifs is 1. The quantitative estimate of drug-likeness (QED) is 0.840. The van der Waals surface area contributed by atoms with Gasteiger partial charge in [-0.1, -0.05) is 18.2 Å². The van der Waals surface area contributed by atoms with Crippen molar-refractivity contribution in [2.45, 2.75) is 25.8 Å². The Balaban J connectivity index is 2.04. The van der Waals surface area contributed by atoms with Crippen LogP contribution in [0.3, 0.4) is 0 Å². The van der Waals surface area contributed by atoms with Crippen LogP contribution < -0.4 is 5.32 Å². The van der Waals surface area contributed by atoms with Gasteiger partial charge >= 0.3 is 0 Å². The number of rotatable bonds is 5. The van der Waals surface area contributed by atoms with Gasteiger partial charge in [0.25, 0.3) is 5.91 Å². The number of para-hydroxylation sites is 1. The summed E-state index contributed by atoms with van der Waals surface area (Å²) in [5.74, 6) is 0.799. The molecule has 18 heavy (non-hydrogen) atoms. The number of hydrogen-bond acceptors (Lipinski definition) is 2. The lowest BCUT2D eigenvalue weighted by atomic mass is 10.2. The number of carbonyl (C=O) groups excluding carboxylic acids is 1. The van der Waals surface area contributed by atoms with Crippen molar-refractivity contribution in [3.8, 4) is 0 Å². The van der Waals surface area contributed by atoms with Crippen LogP contribution in [0.1, 0.15) is 30.3 Å². The summed E-state index contributed by atoms with van der Waals surface area (Å²) >= 11 is 5.62. The molecule has 4 heteroatoms. The van der Waals surface area contributed by atoms with Crippen molar-refractivity contribution in [3.63, 3.8) is 0 Å². The van der Waals surface area contributed by atoms with Gasteiger partial charge in [0.15, 0.2) is 5.76 Å². The van der Waals surface area contributed by atoms with Gasteiger partial charge in [-0.3, -0.25) is 4.79 Å². The maximum absolute atomic E-state index is 12.0. The maximum atomic E-state index is 12.0. The first-order valence-electron chi connectivity index (χ1n) is 6.06. The molecule has 0 saturated heterocycles. The van der Waals surface area contributed by atoms with Gasteiger partial charge in [-0.15, -0.1) is 11.6 Å². The van der Waals surface area contributed by atoms with E-state index >= 15 is 0 Å². The molecule has 1 amide bonds. The van der Waals surface area contributed by atoms with E-state index in [9.17, 15) is 4.79 Å². The highest BCUT2D eigenvalue weighted by molar-refractivity contribution is 6.17. The molecular formula is C14H16ClNO2. The Morgan fingerprint density at radius 3 is 2.94 bits per heavy atom. The highest BCUT2D eigenvalue weighted by Gasteiger charge is 2.14. The molecule has 1 unspecified atom stereocenters. The summed E-state index contributed by atoms with van der Waals surface area (Å²) in [6.07, 6.45) is 1.76. The molecule has 1 atom stereocenters. The standard InChI is InChI=1S/C14H16ClNO2/c1-10(5-4-8-15)16-14(17)13-9-11-6-2-3-7-12(11)18-13/h2-3,6-7,9-10H,4-5,8H2,1H3,(H,16,17). The van der Waals surface area contributed by atoms with Crippen molar-refractivity contribution in [2.24, 2.45) is 0 Å². The molecule has 1 N–H and O–H groups in total. The van der Waals surface area contributed by atoms with Crippen LogP contribution in [0.2, 0.25) is 0 Å². The molecule has 0 aliphatic heterocycles. The van der Waals surface area contributed by atoms with E-state index in [1.165, 1.54) is 0 Å². The number of halogens is 1. The van der Waals surface area contributed by atoms with E-state index in [0.29, 0.717) is 11.6 Å². The first kappa shape index (κ1) is 13.0. The Hall–Kier alpha value is -1.48. The van der Waals surface area contributed by atoms with Gasteiger partial charge in [-0.2, -0.15) is 0 Å². The van der Waals surface area contributed by atoms with Crippen LogP contribution in [0.5, 0.6) is 0 Å². The summed E-state index contributed by atoms with van der Waals surface area (Å²) in [5.41, 5.74) is 0.732. The van der Waals surface area contributed by atoms with Crippen molar-refractivity contribution >= 4 is 28.5 Å². The zero-order valence-electron chi connectivity index (χ0n) is 10.3. The Kier molecular flexibility index (Phi) is 4.26. The minimum Gasteiger partial charge on any atom is -0.451 e. The fourth-order valence-electron chi connectivity index (χ4n) is 1.84. The van der Waals surface area contributed by atoms with E-state index < -0.39 is 0 Å². The van der Waals surface area contributed by atoms with Crippen LogP contribution >= 0.6 is 11.6 Å². The zero-order chi connectivity index (χ0) is 13.0. The van der Waals surface area contributed by atoms with Gasteiger partial charge in [0.1, 0.15) is 5.58 Å². The molecule has 2 aromatic rings. The second kappa shape index (κ2) is 5.91. The van der Waals surface area contributed by atoms with Crippen LogP contribution in [0.4, 0.5) is 0 Å². The van der Waals surface area contributed by atoms with E-state index in [1.54, 1.807) is 6.07 Å². The Labute approximate surface area is 111 Å². The number of amides is 1. The number of hydrogen-bond donors (Lipinski definition) is 1. The fourth-order valence-corrected chi connectivity index (χ4v) is 2.00. The SMILES string of the molecule is CC(CCCCl)NC(=O)c1cc2ccccc2o1. The number of carbonyl (C=O) groups is 1. The van der Waals surface area contributed by atoms with Gasteiger partial charge < -0.3 is 9.73 Å². The second-order valence-corrected chi connectivity index (χ2v) is 4.73. The highest BCUT2D eigenvalue weighted by atomic mass is 35.5. The summed E-state index contributed by atoms with van der Waals surface area (Å²) < 4.78 is 5.50. The van der Waals surface area contributed by atoms with Crippen molar-refractivity contribution in [1.29, 1.82) is 0 Å². The summed E-state index contributed by atoms with van der Waals surface area (Å²) in [4.78, 5) is 12.0. The zero-order valence-corrected chi connectivity index (χ0v) is 11.0. The monoisotopic (exact) mass is 265 g/mol. The summed E-state index contributed by atoms with van der Waals surface area (Å²) in [6, 6.07) is 9.44. The third kappa shape index (κ3) is 3.05. The lowest BCUT2D eigenvalue weighted by Gasteiger charge is -2.11. The smallest absolute Gasteiger partial charge is 0.287 e. The number of furan rings is 1. The molecule has 1 aromatic heterocycles. The average Bonchev–Trinajstić information content (AvgIpc) is 2.80. The Morgan fingerprint density at radius 1 is 1.44 bits per heavy atom. The molecule has 3 nitrogen and oxygen atoms in total. The lowest BCUT2D eigenvalue weighted by molar-refractivity contribution is 0.0912. The van der Waals surface area contributed by atoms with Gasteiger partial charge in [-0.05, 0) is 31.9 Å². The van der Waals surface area contributed by atoms with Crippen LogP contribution in [-0.4, -0.2) is 17.8 Å². The second-order valence-electron chi connectivity index (χ2n) is 4.35. The molecule has 0 saturated carbocycles. The maximum Gasteiger partial charge on any atom is 0.287 e. The molecule has 0 aliphatic carbocycles. The van der Waals surface area contributed by atoms with Crippen molar-refractivity contribution in [2.75, 3.05) is 5.88 Å².